The Labute approximate surface area is 169 Å². The van der Waals surface area contributed by atoms with Crippen molar-refractivity contribution in [3.63, 3.8) is 0 Å². The molecule has 152 valence electrons. The smallest absolute Gasteiger partial charge is 0.291 e. The van der Waals surface area contributed by atoms with Crippen molar-refractivity contribution in [1.82, 2.24) is 9.55 Å². The standard InChI is InChI=1S/C21H18F4N2OS/c1-13-17(11-15-5-3-4-6-18(15)22)19(28)27(2)20(26-13)29-12-14-7-9-16(10-8-14)21(23,24)25/h3-10H,11-12H2,1-2H3. The first-order chi connectivity index (χ1) is 13.7. The van der Waals surface area contributed by atoms with Crippen LogP contribution in [0.1, 0.15) is 27.9 Å². The maximum atomic E-state index is 13.9. The average Bonchev–Trinajstić information content (AvgIpc) is 2.68. The summed E-state index contributed by atoms with van der Waals surface area (Å²) in [6.45, 7) is 1.69. The molecule has 0 amide bonds. The molecule has 1 heterocycles. The van der Waals surface area contributed by atoms with Gasteiger partial charge in [0.05, 0.1) is 5.56 Å². The number of aromatic nitrogens is 2. The van der Waals surface area contributed by atoms with Crippen LogP contribution in [-0.4, -0.2) is 9.55 Å². The summed E-state index contributed by atoms with van der Waals surface area (Å²) in [4.78, 5) is 17.2. The maximum Gasteiger partial charge on any atom is 0.416 e. The molecule has 0 radical (unpaired) electrons. The van der Waals surface area contributed by atoms with Gasteiger partial charge in [-0.15, -0.1) is 0 Å². The van der Waals surface area contributed by atoms with Crippen LogP contribution in [0, 0.1) is 12.7 Å². The minimum atomic E-state index is -4.37. The summed E-state index contributed by atoms with van der Waals surface area (Å²) in [7, 11) is 1.58. The Hall–Kier alpha value is -2.61. The van der Waals surface area contributed by atoms with Gasteiger partial charge in [0, 0.05) is 30.5 Å². The van der Waals surface area contributed by atoms with Crippen LogP contribution in [0.3, 0.4) is 0 Å². The Morgan fingerprint density at radius 2 is 1.72 bits per heavy atom. The second-order valence-electron chi connectivity index (χ2n) is 6.57. The van der Waals surface area contributed by atoms with Crippen LogP contribution in [0.5, 0.6) is 0 Å². The van der Waals surface area contributed by atoms with E-state index in [1.54, 1.807) is 32.2 Å². The van der Waals surface area contributed by atoms with E-state index < -0.39 is 11.7 Å². The third kappa shape index (κ3) is 4.87. The first kappa shape index (κ1) is 21.1. The highest BCUT2D eigenvalue weighted by molar-refractivity contribution is 7.98. The zero-order valence-corrected chi connectivity index (χ0v) is 16.6. The fourth-order valence-corrected chi connectivity index (χ4v) is 3.80. The van der Waals surface area contributed by atoms with Crippen molar-refractivity contribution in [2.75, 3.05) is 0 Å². The molecule has 3 rings (SSSR count). The third-order valence-corrected chi connectivity index (χ3v) is 5.63. The van der Waals surface area contributed by atoms with Crippen LogP contribution in [-0.2, 0) is 25.4 Å². The fourth-order valence-electron chi connectivity index (χ4n) is 2.83. The molecule has 0 N–H and O–H groups in total. The van der Waals surface area contributed by atoms with Crippen LogP contribution in [0.15, 0.2) is 58.5 Å². The zero-order valence-electron chi connectivity index (χ0n) is 15.8. The van der Waals surface area contributed by atoms with Gasteiger partial charge in [-0.3, -0.25) is 9.36 Å². The Bertz CT molecular complexity index is 1080. The van der Waals surface area contributed by atoms with Gasteiger partial charge < -0.3 is 0 Å². The van der Waals surface area contributed by atoms with Crippen molar-refractivity contribution in [3.05, 3.63) is 92.6 Å². The normalized spacial score (nSPS) is 11.7. The highest BCUT2D eigenvalue weighted by atomic mass is 32.2. The molecular weight excluding hydrogens is 404 g/mol. The van der Waals surface area contributed by atoms with E-state index >= 15 is 0 Å². The van der Waals surface area contributed by atoms with Gasteiger partial charge in [0.1, 0.15) is 5.82 Å². The molecule has 3 aromatic rings. The number of hydrogen-bond donors (Lipinski definition) is 0. The summed E-state index contributed by atoms with van der Waals surface area (Å²) in [5.74, 6) is -0.0143. The van der Waals surface area contributed by atoms with Gasteiger partial charge in [0.15, 0.2) is 5.16 Å². The minimum absolute atomic E-state index is 0.141. The van der Waals surface area contributed by atoms with Crippen molar-refractivity contribution in [1.29, 1.82) is 0 Å². The number of nitrogens with zero attached hydrogens (tertiary/aromatic N) is 2. The van der Waals surface area contributed by atoms with Crippen LogP contribution in [0.4, 0.5) is 17.6 Å². The summed E-state index contributed by atoms with van der Waals surface area (Å²) in [6.07, 6.45) is -4.23. The minimum Gasteiger partial charge on any atom is -0.291 e. The van der Waals surface area contributed by atoms with Crippen molar-refractivity contribution in [2.45, 2.75) is 30.4 Å². The van der Waals surface area contributed by atoms with Gasteiger partial charge >= 0.3 is 6.18 Å². The number of rotatable bonds is 5. The highest BCUT2D eigenvalue weighted by Crippen LogP contribution is 2.30. The van der Waals surface area contributed by atoms with Gasteiger partial charge in [-0.05, 0) is 36.2 Å². The number of thioether (sulfide) groups is 1. The van der Waals surface area contributed by atoms with E-state index in [4.69, 9.17) is 0 Å². The number of halogens is 4. The van der Waals surface area contributed by atoms with E-state index in [9.17, 15) is 22.4 Å². The lowest BCUT2D eigenvalue weighted by Crippen LogP contribution is -2.26. The lowest BCUT2D eigenvalue weighted by Gasteiger charge is -2.13. The van der Waals surface area contributed by atoms with Gasteiger partial charge in [-0.25, -0.2) is 9.37 Å². The molecule has 29 heavy (non-hydrogen) atoms. The maximum absolute atomic E-state index is 13.9. The molecule has 0 saturated carbocycles. The molecule has 2 aromatic carbocycles. The van der Waals surface area contributed by atoms with Crippen LogP contribution in [0.2, 0.25) is 0 Å². The van der Waals surface area contributed by atoms with E-state index in [1.165, 1.54) is 34.5 Å². The molecule has 1 aromatic heterocycles. The lowest BCUT2D eigenvalue weighted by atomic mass is 10.0. The Morgan fingerprint density at radius 1 is 1.07 bits per heavy atom. The molecule has 0 aliphatic rings. The summed E-state index contributed by atoms with van der Waals surface area (Å²) < 4.78 is 53.3. The summed E-state index contributed by atoms with van der Waals surface area (Å²) in [5, 5.41) is 0.449. The Balaban J connectivity index is 1.79. The monoisotopic (exact) mass is 422 g/mol. The number of hydrogen-bond acceptors (Lipinski definition) is 3. The lowest BCUT2D eigenvalue weighted by molar-refractivity contribution is -0.137. The van der Waals surface area contributed by atoms with E-state index in [0.717, 1.165) is 12.1 Å². The van der Waals surface area contributed by atoms with E-state index in [0.29, 0.717) is 33.3 Å². The first-order valence-electron chi connectivity index (χ1n) is 8.75. The van der Waals surface area contributed by atoms with Crippen LogP contribution in [0.25, 0.3) is 0 Å². The number of aryl methyl sites for hydroxylation is 1. The molecule has 3 nitrogen and oxygen atoms in total. The van der Waals surface area contributed by atoms with Gasteiger partial charge in [-0.1, -0.05) is 42.1 Å². The number of benzene rings is 2. The third-order valence-electron chi connectivity index (χ3n) is 4.52. The molecule has 0 aliphatic heterocycles. The topological polar surface area (TPSA) is 34.9 Å². The fraction of sp³-hybridized carbons (Fsp3) is 0.238. The number of alkyl halides is 3. The predicted octanol–water partition coefficient (Wildman–Crippen LogP) is 5.13. The van der Waals surface area contributed by atoms with Crippen molar-refractivity contribution in [2.24, 2.45) is 7.05 Å². The highest BCUT2D eigenvalue weighted by Gasteiger charge is 2.29. The molecule has 8 heteroatoms. The molecule has 0 aliphatic carbocycles. The zero-order chi connectivity index (χ0) is 21.2. The summed E-state index contributed by atoms with van der Waals surface area (Å²) in [6, 6.07) is 11.2. The second kappa shape index (κ2) is 8.41. The van der Waals surface area contributed by atoms with Gasteiger partial charge in [0.25, 0.3) is 5.56 Å². The van der Waals surface area contributed by atoms with E-state index in [2.05, 4.69) is 4.98 Å². The van der Waals surface area contributed by atoms with Crippen LogP contribution < -0.4 is 5.56 Å². The second-order valence-corrected chi connectivity index (χ2v) is 7.52. The molecule has 0 fully saturated rings. The van der Waals surface area contributed by atoms with Gasteiger partial charge in [-0.2, -0.15) is 13.2 Å². The van der Waals surface area contributed by atoms with E-state index in [1.807, 2.05) is 0 Å². The SMILES string of the molecule is Cc1nc(SCc2ccc(C(F)(F)F)cc2)n(C)c(=O)c1Cc1ccccc1F. The molecule has 0 atom stereocenters. The quantitative estimate of drug-likeness (QED) is 0.325. The molecule has 0 spiro atoms. The predicted molar refractivity (Wildman–Crippen MR) is 104 cm³/mol. The Kier molecular flexibility index (Phi) is 6.12. The van der Waals surface area contributed by atoms with E-state index in [-0.39, 0.29) is 17.8 Å². The largest absolute Gasteiger partial charge is 0.416 e. The van der Waals surface area contributed by atoms with Crippen molar-refractivity contribution < 1.29 is 17.6 Å². The molecular formula is C21H18F4N2OS. The molecule has 0 unspecified atom stereocenters. The van der Waals surface area contributed by atoms with Crippen molar-refractivity contribution in [3.8, 4) is 0 Å². The van der Waals surface area contributed by atoms with Crippen LogP contribution >= 0.6 is 11.8 Å². The molecule has 0 bridgehead atoms. The average molecular weight is 422 g/mol. The first-order valence-corrected chi connectivity index (χ1v) is 9.74. The van der Waals surface area contributed by atoms with Gasteiger partial charge in [0.2, 0.25) is 0 Å². The summed E-state index contributed by atoms with van der Waals surface area (Å²) >= 11 is 1.26. The Morgan fingerprint density at radius 3 is 2.34 bits per heavy atom. The summed E-state index contributed by atoms with van der Waals surface area (Å²) in [5.41, 5.74) is 1.05. The molecule has 0 saturated heterocycles. The van der Waals surface area contributed by atoms with Crippen molar-refractivity contribution >= 4 is 11.8 Å².